The Kier molecular flexibility index (Phi) is 2.40. The second-order valence-corrected chi connectivity index (χ2v) is 2.63. The molecule has 0 saturated carbocycles. The van der Waals surface area contributed by atoms with Crippen molar-refractivity contribution < 1.29 is 18.0 Å². The number of hydrogen-bond donors (Lipinski definition) is 0. The van der Waals surface area contributed by atoms with Gasteiger partial charge in [-0.3, -0.25) is 4.79 Å². The Labute approximate surface area is 73.2 Å². The van der Waals surface area contributed by atoms with Crippen molar-refractivity contribution in [1.29, 1.82) is 0 Å². The lowest BCUT2D eigenvalue weighted by Gasteiger charge is -2.05. The van der Waals surface area contributed by atoms with Crippen LogP contribution >= 0.6 is 0 Å². The minimum absolute atomic E-state index is 0.242. The van der Waals surface area contributed by atoms with Crippen molar-refractivity contribution in [1.82, 2.24) is 0 Å². The molecule has 0 aliphatic carbocycles. The Bertz CT molecular complexity index is 311. The van der Waals surface area contributed by atoms with Gasteiger partial charge in [0.25, 0.3) is 0 Å². The molecule has 0 atom stereocenters. The summed E-state index contributed by atoms with van der Waals surface area (Å²) in [6.45, 7) is 1.31. The van der Waals surface area contributed by atoms with Gasteiger partial charge in [0, 0.05) is 5.56 Å². The van der Waals surface area contributed by atoms with Crippen molar-refractivity contribution in [2.75, 3.05) is 0 Å². The number of Topliss-reactive ketones (excluding diaryl/α,β-unsaturated/α-hetero) is 1. The van der Waals surface area contributed by atoms with E-state index in [1.165, 1.54) is 19.1 Å². The fourth-order valence-electron chi connectivity index (χ4n) is 0.894. The SMILES string of the molecule is CC(=O)c1ccc(C(F)(F)[18F])cc1. The molecule has 70 valence electrons. The summed E-state index contributed by atoms with van der Waals surface area (Å²) in [6.07, 6.45) is -4.34. The van der Waals surface area contributed by atoms with E-state index in [0.29, 0.717) is 0 Å². The predicted octanol–water partition coefficient (Wildman–Crippen LogP) is 2.91. The van der Waals surface area contributed by atoms with E-state index in [2.05, 4.69) is 0 Å². The number of carbonyl (C=O) groups is 1. The molecule has 4 heteroatoms. The first-order valence-corrected chi connectivity index (χ1v) is 3.59. The van der Waals surface area contributed by atoms with Crippen LogP contribution in [0.3, 0.4) is 0 Å². The molecule has 1 rings (SSSR count). The molecule has 0 saturated heterocycles. The van der Waals surface area contributed by atoms with Crippen LogP contribution in [0.5, 0.6) is 0 Å². The van der Waals surface area contributed by atoms with Gasteiger partial charge in [0.1, 0.15) is 0 Å². The molecule has 1 nitrogen and oxygen atoms in total. The Morgan fingerprint density at radius 3 is 1.92 bits per heavy atom. The molecule has 0 N–H and O–H groups in total. The largest absolute Gasteiger partial charge is 0.416 e. The van der Waals surface area contributed by atoms with Gasteiger partial charge in [0.05, 0.1) is 5.56 Å². The normalized spacial score (nSPS) is 11.4. The smallest absolute Gasteiger partial charge is 0.295 e. The average Bonchev–Trinajstić information content (AvgIpc) is 2.03. The number of hydrogen-bond acceptors (Lipinski definition) is 1. The molecule has 1 aromatic carbocycles. The summed E-state index contributed by atoms with van der Waals surface area (Å²) in [5.41, 5.74) is -0.453. The summed E-state index contributed by atoms with van der Waals surface area (Å²) < 4.78 is 36.1. The van der Waals surface area contributed by atoms with Gasteiger partial charge in [-0.1, -0.05) is 12.1 Å². The topological polar surface area (TPSA) is 17.1 Å². The van der Waals surface area contributed by atoms with Crippen molar-refractivity contribution in [2.45, 2.75) is 13.1 Å². The number of ketones is 1. The summed E-state index contributed by atoms with van der Waals surface area (Å²) in [7, 11) is 0. The van der Waals surface area contributed by atoms with E-state index < -0.39 is 11.7 Å². The molecule has 0 heterocycles. The van der Waals surface area contributed by atoms with Gasteiger partial charge in [-0.25, -0.2) is 0 Å². The summed E-state index contributed by atoms with van der Waals surface area (Å²) in [4.78, 5) is 10.7. The molecular weight excluding hydrogens is 180 g/mol. The van der Waals surface area contributed by atoms with Gasteiger partial charge in [0.2, 0.25) is 0 Å². The maximum absolute atomic E-state index is 12.0. The lowest BCUT2D eigenvalue weighted by molar-refractivity contribution is -0.137. The molecule has 0 aliphatic rings. The highest BCUT2D eigenvalue weighted by Gasteiger charge is 2.29. The maximum Gasteiger partial charge on any atom is 0.416 e. The van der Waals surface area contributed by atoms with Crippen LogP contribution in [-0.2, 0) is 6.18 Å². The van der Waals surface area contributed by atoms with E-state index in [0.717, 1.165) is 12.1 Å². The summed E-state index contributed by atoms with van der Waals surface area (Å²) in [5, 5.41) is 0. The minimum atomic E-state index is -4.34. The molecule has 0 amide bonds. The molecule has 13 heavy (non-hydrogen) atoms. The molecule has 0 fully saturated rings. The highest BCUT2D eigenvalue weighted by atomic mass is 19.3. The zero-order valence-corrected chi connectivity index (χ0v) is 6.85. The van der Waals surface area contributed by atoms with E-state index in [1.807, 2.05) is 0 Å². The number of alkyl halides is 3. The number of halogens is 3. The van der Waals surface area contributed by atoms with E-state index in [4.69, 9.17) is 0 Å². The maximum atomic E-state index is 12.0. The third kappa shape index (κ3) is 2.31. The van der Waals surface area contributed by atoms with Crippen LogP contribution in [-0.4, -0.2) is 5.78 Å². The molecule has 0 radical (unpaired) electrons. The van der Waals surface area contributed by atoms with Gasteiger partial charge in [-0.2, -0.15) is 13.2 Å². The molecule has 0 aromatic heterocycles. The number of benzene rings is 1. The lowest BCUT2D eigenvalue weighted by atomic mass is 10.1. The van der Waals surface area contributed by atoms with Crippen LogP contribution in [0.15, 0.2) is 24.3 Å². The van der Waals surface area contributed by atoms with Crippen molar-refractivity contribution >= 4 is 5.78 Å². The second-order valence-electron chi connectivity index (χ2n) is 2.63. The summed E-state index contributed by atoms with van der Waals surface area (Å²) >= 11 is 0. The van der Waals surface area contributed by atoms with E-state index in [1.54, 1.807) is 0 Å². The Morgan fingerprint density at radius 2 is 1.62 bits per heavy atom. The van der Waals surface area contributed by atoms with Crippen molar-refractivity contribution in [2.24, 2.45) is 0 Å². The first-order chi connectivity index (χ1) is 5.91. The van der Waals surface area contributed by atoms with Crippen LogP contribution in [0.1, 0.15) is 22.8 Å². The first kappa shape index (κ1) is 9.77. The number of rotatable bonds is 1. The fraction of sp³-hybridized carbons (Fsp3) is 0.222. The zero-order valence-electron chi connectivity index (χ0n) is 6.85. The molecule has 0 aliphatic heterocycles. The van der Waals surface area contributed by atoms with Crippen LogP contribution in [0.4, 0.5) is 13.2 Å². The van der Waals surface area contributed by atoms with Crippen LogP contribution in [0, 0.1) is 0 Å². The van der Waals surface area contributed by atoms with Crippen LogP contribution in [0.2, 0.25) is 0 Å². The van der Waals surface area contributed by atoms with Gasteiger partial charge < -0.3 is 0 Å². The molecular formula is C9H7F3O. The van der Waals surface area contributed by atoms with E-state index >= 15 is 0 Å². The lowest BCUT2D eigenvalue weighted by Crippen LogP contribution is -2.05. The molecule has 0 spiro atoms. The second kappa shape index (κ2) is 3.20. The Morgan fingerprint density at radius 1 is 1.15 bits per heavy atom. The minimum Gasteiger partial charge on any atom is -0.295 e. The highest BCUT2D eigenvalue weighted by Crippen LogP contribution is 2.28. The average molecular weight is 187 g/mol. The van der Waals surface area contributed by atoms with Crippen molar-refractivity contribution in [3.63, 3.8) is 0 Å². The molecule has 0 bridgehead atoms. The van der Waals surface area contributed by atoms with E-state index in [9.17, 15) is 18.0 Å². The summed E-state index contributed by atoms with van der Waals surface area (Å²) in [5.74, 6) is -0.242. The first-order valence-electron chi connectivity index (χ1n) is 3.59. The molecule has 1 aromatic rings. The number of carbonyl (C=O) groups excluding carboxylic acids is 1. The van der Waals surface area contributed by atoms with Crippen LogP contribution < -0.4 is 0 Å². The van der Waals surface area contributed by atoms with E-state index in [-0.39, 0.29) is 11.3 Å². The third-order valence-corrected chi connectivity index (χ3v) is 1.62. The Balaban J connectivity index is 3.01. The molecule has 0 unspecified atom stereocenters. The fourth-order valence-corrected chi connectivity index (χ4v) is 0.894. The highest BCUT2D eigenvalue weighted by molar-refractivity contribution is 5.94. The Hall–Kier alpha value is -1.32. The summed E-state index contributed by atoms with van der Waals surface area (Å²) in [6, 6.07) is 4.14. The monoisotopic (exact) mass is 187 g/mol. The third-order valence-electron chi connectivity index (χ3n) is 1.62. The quantitative estimate of drug-likeness (QED) is 0.618. The van der Waals surface area contributed by atoms with Crippen molar-refractivity contribution in [3.8, 4) is 0 Å². The van der Waals surface area contributed by atoms with Crippen molar-refractivity contribution in [3.05, 3.63) is 35.4 Å². The van der Waals surface area contributed by atoms with Gasteiger partial charge in [-0.15, -0.1) is 0 Å². The van der Waals surface area contributed by atoms with Crippen LogP contribution in [0.25, 0.3) is 0 Å². The predicted molar refractivity (Wildman–Crippen MR) is 41.4 cm³/mol. The van der Waals surface area contributed by atoms with Gasteiger partial charge in [-0.05, 0) is 19.1 Å². The van der Waals surface area contributed by atoms with Gasteiger partial charge >= 0.3 is 6.18 Å². The zero-order chi connectivity index (χ0) is 10.1. The van der Waals surface area contributed by atoms with Gasteiger partial charge in [0.15, 0.2) is 5.78 Å². The standard InChI is InChI=1S/C9H7F3O/c1-6(13)7-2-4-8(5-3-7)9(10,11)12/h2-5H,1H3/i10-1.